The summed E-state index contributed by atoms with van der Waals surface area (Å²) in [6.07, 6.45) is 1.58. The minimum Gasteiger partial charge on any atom is -0.508 e. The van der Waals surface area contributed by atoms with Gasteiger partial charge in [0.1, 0.15) is 17.2 Å². The van der Waals surface area contributed by atoms with Gasteiger partial charge in [-0.05, 0) is 60.9 Å². The van der Waals surface area contributed by atoms with Gasteiger partial charge in [-0.1, -0.05) is 0 Å². The molecule has 1 aliphatic rings. The van der Waals surface area contributed by atoms with Gasteiger partial charge in [-0.2, -0.15) is 0 Å². The maximum atomic E-state index is 11.7. The zero-order valence-corrected chi connectivity index (χ0v) is 15.1. The number of nitrogens with one attached hydrogen (secondary N) is 1. The standard InChI is InChI=1S/C21H19N3O3/c1-12(25)22-21-19(13-3-6-15(26)7-4-13)24-20-17-9-8-16(27-2)11-14(17)5-10-18(20)23-21/h3-4,6-9,11,26H,5,10H2,1-2H3,(H,22,23,25). The van der Waals surface area contributed by atoms with Crippen molar-refractivity contribution < 1.29 is 14.6 Å². The molecular weight excluding hydrogens is 342 g/mol. The molecule has 1 aliphatic carbocycles. The SMILES string of the molecule is COc1ccc2c(c1)CCc1nc(NC(C)=O)c(-c3ccc(O)cc3)nc1-2. The van der Waals surface area contributed by atoms with Crippen molar-refractivity contribution in [3.63, 3.8) is 0 Å². The fraction of sp³-hybridized carbons (Fsp3) is 0.190. The molecular formula is C21H19N3O3. The van der Waals surface area contributed by atoms with E-state index >= 15 is 0 Å². The molecule has 0 bridgehead atoms. The first-order valence-corrected chi connectivity index (χ1v) is 8.70. The molecule has 1 aromatic heterocycles. The summed E-state index contributed by atoms with van der Waals surface area (Å²) >= 11 is 0. The van der Waals surface area contributed by atoms with Gasteiger partial charge in [0.15, 0.2) is 5.82 Å². The van der Waals surface area contributed by atoms with E-state index in [0.717, 1.165) is 41.1 Å². The van der Waals surface area contributed by atoms with Crippen molar-refractivity contribution in [1.29, 1.82) is 0 Å². The molecule has 1 amide bonds. The largest absolute Gasteiger partial charge is 0.508 e. The number of phenols is 1. The van der Waals surface area contributed by atoms with Gasteiger partial charge < -0.3 is 15.2 Å². The molecule has 27 heavy (non-hydrogen) atoms. The number of ether oxygens (including phenoxy) is 1. The molecule has 0 atom stereocenters. The van der Waals surface area contributed by atoms with Crippen molar-refractivity contribution >= 4 is 11.7 Å². The van der Waals surface area contributed by atoms with E-state index in [1.165, 1.54) is 12.5 Å². The Bertz CT molecular complexity index is 1030. The molecule has 0 saturated heterocycles. The Morgan fingerprint density at radius 1 is 1.07 bits per heavy atom. The van der Waals surface area contributed by atoms with Crippen LogP contribution in [-0.4, -0.2) is 28.1 Å². The molecule has 0 saturated carbocycles. The number of amides is 1. The summed E-state index contributed by atoms with van der Waals surface area (Å²) in [4.78, 5) is 21.2. The zero-order valence-electron chi connectivity index (χ0n) is 15.1. The Kier molecular flexibility index (Phi) is 4.24. The maximum Gasteiger partial charge on any atom is 0.222 e. The first-order chi connectivity index (χ1) is 13.0. The van der Waals surface area contributed by atoms with Crippen LogP contribution in [0.1, 0.15) is 18.2 Å². The topological polar surface area (TPSA) is 84.3 Å². The number of carbonyl (C=O) groups excluding carboxylic acids is 1. The summed E-state index contributed by atoms with van der Waals surface area (Å²) in [7, 11) is 1.65. The Labute approximate surface area is 156 Å². The summed E-state index contributed by atoms with van der Waals surface area (Å²) in [5.74, 6) is 1.22. The zero-order chi connectivity index (χ0) is 19.0. The number of aromatic hydroxyl groups is 1. The third kappa shape index (κ3) is 3.21. The van der Waals surface area contributed by atoms with Gasteiger partial charge in [0.2, 0.25) is 5.91 Å². The van der Waals surface area contributed by atoms with E-state index in [-0.39, 0.29) is 11.7 Å². The van der Waals surface area contributed by atoms with Gasteiger partial charge in [0, 0.05) is 18.1 Å². The van der Waals surface area contributed by atoms with Gasteiger partial charge in [-0.25, -0.2) is 9.97 Å². The number of rotatable bonds is 3. The molecule has 0 radical (unpaired) electrons. The monoisotopic (exact) mass is 361 g/mol. The van der Waals surface area contributed by atoms with Crippen molar-refractivity contribution in [2.75, 3.05) is 12.4 Å². The predicted octanol–water partition coefficient (Wildman–Crippen LogP) is 3.58. The van der Waals surface area contributed by atoms with Crippen LogP contribution in [0.25, 0.3) is 22.5 Å². The van der Waals surface area contributed by atoms with E-state index in [0.29, 0.717) is 11.5 Å². The molecule has 4 rings (SSSR count). The van der Waals surface area contributed by atoms with E-state index < -0.39 is 0 Å². The summed E-state index contributed by atoms with van der Waals surface area (Å²) in [6, 6.07) is 12.6. The van der Waals surface area contributed by atoms with Crippen molar-refractivity contribution in [2.24, 2.45) is 0 Å². The van der Waals surface area contributed by atoms with Crippen molar-refractivity contribution in [2.45, 2.75) is 19.8 Å². The van der Waals surface area contributed by atoms with Crippen molar-refractivity contribution in [1.82, 2.24) is 9.97 Å². The van der Waals surface area contributed by atoms with Gasteiger partial charge >= 0.3 is 0 Å². The highest BCUT2D eigenvalue weighted by molar-refractivity contribution is 5.92. The van der Waals surface area contributed by atoms with E-state index in [1.807, 2.05) is 18.2 Å². The van der Waals surface area contributed by atoms with E-state index in [1.54, 1.807) is 31.4 Å². The number of nitrogens with zero attached hydrogens (tertiary/aromatic N) is 2. The third-order valence-electron chi connectivity index (χ3n) is 4.60. The molecule has 0 aliphatic heterocycles. The summed E-state index contributed by atoms with van der Waals surface area (Å²) < 4.78 is 5.33. The second-order valence-corrected chi connectivity index (χ2v) is 6.47. The Balaban J connectivity index is 1.90. The second kappa shape index (κ2) is 6.72. The summed E-state index contributed by atoms with van der Waals surface area (Å²) in [5.41, 5.74) is 5.22. The molecule has 2 aromatic carbocycles. The first kappa shape index (κ1) is 17.0. The van der Waals surface area contributed by atoms with Crippen LogP contribution < -0.4 is 10.1 Å². The van der Waals surface area contributed by atoms with Crippen LogP contribution in [0.15, 0.2) is 42.5 Å². The molecule has 3 aromatic rings. The minimum absolute atomic E-state index is 0.170. The smallest absolute Gasteiger partial charge is 0.222 e. The molecule has 6 heteroatoms. The average molecular weight is 361 g/mol. The number of methoxy groups -OCH3 is 1. The second-order valence-electron chi connectivity index (χ2n) is 6.47. The number of benzene rings is 2. The average Bonchev–Trinajstić information content (AvgIpc) is 2.67. The number of aromatic nitrogens is 2. The first-order valence-electron chi connectivity index (χ1n) is 8.70. The normalized spacial score (nSPS) is 12.1. The number of hydrogen-bond donors (Lipinski definition) is 2. The van der Waals surface area contributed by atoms with Crippen LogP contribution in [0.3, 0.4) is 0 Å². The highest BCUT2D eigenvalue weighted by atomic mass is 16.5. The van der Waals surface area contributed by atoms with E-state index in [9.17, 15) is 9.90 Å². The fourth-order valence-corrected chi connectivity index (χ4v) is 3.32. The van der Waals surface area contributed by atoms with Crippen LogP contribution in [0, 0.1) is 0 Å². The van der Waals surface area contributed by atoms with Crippen LogP contribution in [0.2, 0.25) is 0 Å². The Morgan fingerprint density at radius 3 is 2.56 bits per heavy atom. The fourth-order valence-electron chi connectivity index (χ4n) is 3.32. The van der Waals surface area contributed by atoms with Gasteiger partial charge in [0.25, 0.3) is 0 Å². The predicted molar refractivity (Wildman–Crippen MR) is 103 cm³/mol. The van der Waals surface area contributed by atoms with Crippen molar-refractivity contribution in [3.8, 4) is 34.0 Å². The quantitative estimate of drug-likeness (QED) is 0.745. The van der Waals surface area contributed by atoms with Crippen LogP contribution >= 0.6 is 0 Å². The number of hydrogen-bond acceptors (Lipinski definition) is 5. The summed E-state index contributed by atoms with van der Waals surface area (Å²) in [6.45, 7) is 1.45. The molecule has 0 spiro atoms. The maximum absolute atomic E-state index is 11.7. The molecule has 6 nitrogen and oxygen atoms in total. The lowest BCUT2D eigenvalue weighted by atomic mass is 9.91. The van der Waals surface area contributed by atoms with Crippen LogP contribution in [0.4, 0.5) is 5.82 Å². The van der Waals surface area contributed by atoms with Gasteiger partial charge in [0.05, 0.1) is 18.5 Å². The number of carbonyl (C=O) groups is 1. The lowest BCUT2D eigenvalue weighted by Gasteiger charge is -2.21. The highest BCUT2D eigenvalue weighted by Crippen LogP contribution is 2.37. The Hall–Kier alpha value is -3.41. The lowest BCUT2D eigenvalue weighted by Crippen LogP contribution is -2.15. The van der Waals surface area contributed by atoms with E-state index in [2.05, 4.69) is 5.32 Å². The third-order valence-corrected chi connectivity index (χ3v) is 4.60. The number of fused-ring (bicyclic) bond motifs is 3. The number of phenolic OH excluding ortho intramolecular Hbond substituents is 1. The van der Waals surface area contributed by atoms with Gasteiger partial charge in [-0.3, -0.25) is 4.79 Å². The molecule has 136 valence electrons. The van der Waals surface area contributed by atoms with E-state index in [4.69, 9.17) is 14.7 Å². The van der Waals surface area contributed by atoms with Gasteiger partial charge in [-0.15, -0.1) is 0 Å². The lowest BCUT2D eigenvalue weighted by molar-refractivity contribution is -0.114. The van der Waals surface area contributed by atoms with Crippen molar-refractivity contribution in [3.05, 3.63) is 53.7 Å². The number of aryl methyl sites for hydroxylation is 2. The number of anilines is 1. The van der Waals surface area contributed by atoms with Crippen LogP contribution in [0.5, 0.6) is 11.5 Å². The molecule has 1 heterocycles. The molecule has 0 unspecified atom stereocenters. The Morgan fingerprint density at radius 2 is 1.85 bits per heavy atom. The molecule has 0 fully saturated rings. The minimum atomic E-state index is -0.203. The van der Waals surface area contributed by atoms with Crippen LogP contribution in [-0.2, 0) is 17.6 Å². The highest BCUT2D eigenvalue weighted by Gasteiger charge is 2.23. The molecule has 2 N–H and O–H groups in total. The summed E-state index contributed by atoms with van der Waals surface area (Å²) in [5, 5.41) is 12.4.